The van der Waals surface area contributed by atoms with Crippen molar-refractivity contribution >= 4 is 36.6 Å². The van der Waals surface area contributed by atoms with Crippen LogP contribution >= 0.6 is 0 Å². The number of nitrogens with two attached hydrogens (primary N) is 1. The minimum atomic E-state index is -1.22. The van der Waals surface area contributed by atoms with Crippen LogP contribution in [0.1, 0.15) is 31.9 Å². The first kappa shape index (κ1) is 26.6. The van der Waals surface area contributed by atoms with Gasteiger partial charge in [0.1, 0.15) is 12.3 Å². The van der Waals surface area contributed by atoms with Gasteiger partial charge in [-0.3, -0.25) is 5.32 Å². The summed E-state index contributed by atoms with van der Waals surface area (Å²) in [7, 11) is -1.22. The van der Waals surface area contributed by atoms with Crippen molar-refractivity contribution in [3.63, 3.8) is 0 Å². The monoisotopic (exact) mass is 499 g/mol. The molecule has 1 heterocycles. The third kappa shape index (κ3) is 8.00. The summed E-state index contributed by atoms with van der Waals surface area (Å²) in [5.41, 5.74) is 9.84. The standard InChI is InChI=1S/C26H37N3O5Si/c1-26(2,3)34-24(30)28-21-9-7-8-18(14-21)10-11-19-15-20(27)16-22-23(19)33-25(31)29(22)17-32-12-13-35(4,5)6/h7-9,14-16H,10-13,17,27H2,1-6H3,(H,28,30). The molecule has 190 valence electrons. The SMILES string of the molecule is CC(C)(C)OC(=O)Nc1cccc(CCc2cc(N)cc3c2oc(=O)n3COCC[Si](C)(C)C)c1. The van der Waals surface area contributed by atoms with Crippen LogP contribution in [-0.4, -0.2) is 30.9 Å². The van der Waals surface area contributed by atoms with Crippen molar-refractivity contribution in [1.82, 2.24) is 4.57 Å². The van der Waals surface area contributed by atoms with Crippen LogP contribution in [0.2, 0.25) is 25.7 Å². The number of hydrogen-bond acceptors (Lipinski definition) is 6. The summed E-state index contributed by atoms with van der Waals surface area (Å²) in [5, 5.41) is 2.76. The Balaban J connectivity index is 1.72. The molecule has 0 unspecified atom stereocenters. The zero-order valence-corrected chi connectivity index (χ0v) is 22.6. The summed E-state index contributed by atoms with van der Waals surface area (Å²) in [6, 6.07) is 12.2. The van der Waals surface area contributed by atoms with Crippen LogP contribution in [0.4, 0.5) is 16.2 Å². The molecular formula is C26H37N3O5Si. The highest BCUT2D eigenvalue weighted by molar-refractivity contribution is 6.76. The van der Waals surface area contributed by atoms with E-state index >= 15 is 0 Å². The highest BCUT2D eigenvalue weighted by atomic mass is 28.3. The lowest BCUT2D eigenvalue weighted by atomic mass is 10.0. The van der Waals surface area contributed by atoms with Crippen LogP contribution in [0, 0.1) is 0 Å². The molecule has 0 aliphatic heterocycles. The van der Waals surface area contributed by atoms with E-state index in [-0.39, 0.29) is 6.73 Å². The first-order valence-electron chi connectivity index (χ1n) is 11.9. The second kappa shape index (κ2) is 10.7. The number of carbonyl (C=O) groups is 1. The molecule has 0 fully saturated rings. The summed E-state index contributed by atoms with van der Waals surface area (Å²) < 4.78 is 18.2. The number of aryl methyl sites for hydroxylation is 2. The number of carbonyl (C=O) groups excluding carboxylic acids is 1. The van der Waals surface area contributed by atoms with Crippen LogP contribution in [0.25, 0.3) is 11.1 Å². The molecule has 3 aromatic rings. The van der Waals surface area contributed by atoms with Crippen LogP contribution in [-0.2, 0) is 29.0 Å². The van der Waals surface area contributed by atoms with E-state index in [9.17, 15) is 9.59 Å². The number of rotatable bonds is 9. The number of hydrogen-bond donors (Lipinski definition) is 2. The molecule has 0 aliphatic rings. The first-order valence-corrected chi connectivity index (χ1v) is 15.6. The lowest BCUT2D eigenvalue weighted by Crippen LogP contribution is -2.27. The van der Waals surface area contributed by atoms with Crippen LogP contribution < -0.4 is 16.8 Å². The van der Waals surface area contributed by atoms with Crippen LogP contribution in [0.15, 0.2) is 45.6 Å². The van der Waals surface area contributed by atoms with Gasteiger partial charge in [-0.15, -0.1) is 0 Å². The zero-order valence-electron chi connectivity index (χ0n) is 21.6. The van der Waals surface area contributed by atoms with Crippen molar-refractivity contribution in [3.8, 4) is 0 Å². The summed E-state index contributed by atoms with van der Waals surface area (Å²) in [5.74, 6) is -0.455. The van der Waals surface area contributed by atoms with E-state index < -0.39 is 25.5 Å². The van der Waals surface area contributed by atoms with Gasteiger partial charge in [-0.25, -0.2) is 14.2 Å². The van der Waals surface area contributed by atoms with Gasteiger partial charge in [-0.1, -0.05) is 31.8 Å². The summed E-state index contributed by atoms with van der Waals surface area (Å²) in [6.07, 6.45) is 0.785. The van der Waals surface area contributed by atoms with Gasteiger partial charge in [0.15, 0.2) is 5.58 Å². The van der Waals surface area contributed by atoms with Gasteiger partial charge in [0.25, 0.3) is 0 Å². The van der Waals surface area contributed by atoms with Gasteiger partial charge in [0, 0.05) is 26.1 Å². The number of ether oxygens (including phenoxy) is 2. The van der Waals surface area contributed by atoms with E-state index in [4.69, 9.17) is 19.6 Å². The maximum Gasteiger partial charge on any atom is 0.421 e. The van der Waals surface area contributed by atoms with Gasteiger partial charge >= 0.3 is 11.8 Å². The number of amides is 1. The molecule has 1 aromatic heterocycles. The average Bonchev–Trinajstić information content (AvgIpc) is 3.02. The number of nitrogens with one attached hydrogen (secondary N) is 1. The maximum atomic E-state index is 12.5. The van der Waals surface area contributed by atoms with Gasteiger partial charge in [0.05, 0.1) is 5.52 Å². The molecular weight excluding hydrogens is 462 g/mol. The molecule has 0 bridgehead atoms. The number of fused-ring (bicyclic) bond motifs is 1. The number of nitrogens with zero attached hydrogens (tertiary/aromatic N) is 1. The van der Waals surface area contributed by atoms with Gasteiger partial charge < -0.3 is 19.6 Å². The normalized spacial score (nSPS) is 12.2. The number of benzene rings is 2. The van der Waals surface area contributed by atoms with E-state index in [1.54, 1.807) is 6.07 Å². The molecule has 8 nitrogen and oxygen atoms in total. The fourth-order valence-electron chi connectivity index (χ4n) is 3.60. The molecule has 0 saturated heterocycles. The molecule has 0 saturated carbocycles. The smallest absolute Gasteiger partial charge is 0.421 e. The average molecular weight is 500 g/mol. The summed E-state index contributed by atoms with van der Waals surface area (Å²) >= 11 is 0. The minimum Gasteiger partial charge on any atom is -0.444 e. The second-order valence-corrected chi connectivity index (χ2v) is 16.6. The number of anilines is 2. The van der Waals surface area contributed by atoms with E-state index in [1.807, 2.05) is 51.1 Å². The van der Waals surface area contributed by atoms with Crippen molar-refractivity contribution in [1.29, 1.82) is 0 Å². The Morgan fingerprint density at radius 2 is 1.89 bits per heavy atom. The van der Waals surface area contributed by atoms with E-state index in [1.165, 1.54) is 4.57 Å². The van der Waals surface area contributed by atoms with Crippen molar-refractivity contribution in [3.05, 3.63) is 58.1 Å². The Labute approximate surface area is 207 Å². The molecule has 35 heavy (non-hydrogen) atoms. The molecule has 2 aromatic carbocycles. The van der Waals surface area contributed by atoms with Gasteiger partial charge in [0.2, 0.25) is 0 Å². The van der Waals surface area contributed by atoms with Crippen LogP contribution in [0.3, 0.4) is 0 Å². The molecule has 0 atom stereocenters. The molecule has 0 aliphatic carbocycles. The molecule has 3 N–H and O–H groups in total. The Hall–Kier alpha value is -3.04. The van der Waals surface area contributed by atoms with E-state index in [0.717, 1.165) is 17.2 Å². The fourth-order valence-corrected chi connectivity index (χ4v) is 4.36. The zero-order chi connectivity index (χ0) is 25.8. The fraction of sp³-hybridized carbons (Fsp3) is 0.462. The van der Waals surface area contributed by atoms with Gasteiger partial charge in [-0.2, -0.15) is 0 Å². The topological polar surface area (TPSA) is 109 Å². The Kier molecular flexibility index (Phi) is 8.12. The summed E-state index contributed by atoms with van der Waals surface area (Å²) in [4.78, 5) is 24.6. The number of oxazole rings is 1. The van der Waals surface area contributed by atoms with E-state index in [0.29, 0.717) is 41.9 Å². The predicted octanol–water partition coefficient (Wildman–Crippen LogP) is 5.62. The maximum absolute atomic E-state index is 12.5. The molecule has 0 spiro atoms. The Bertz CT molecular complexity index is 1230. The van der Waals surface area contributed by atoms with Crippen molar-refractivity contribution < 1.29 is 18.7 Å². The third-order valence-electron chi connectivity index (χ3n) is 5.34. The third-order valence-corrected chi connectivity index (χ3v) is 7.05. The molecule has 1 amide bonds. The lowest BCUT2D eigenvalue weighted by molar-refractivity contribution is 0.0636. The largest absolute Gasteiger partial charge is 0.444 e. The predicted molar refractivity (Wildman–Crippen MR) is 143 cm³/mol. The minimum absolute atomic E-state index is 0.136. The quantitative estimate of drug-likeness (QED) is 0.225. The van der Waals surface area contributed by atoms with Gasteiger partial charge in [-0.05, 0) is 75.0 Å². The van der Waals surface area contributed by atoms with Crippen molar-refractivity contribution in [2.75, 3.05) is 17.7 Å². The Morgan fingerprint density at radius 3 is 2.57 bits per heavy atom. The molecule has 3 rings (SSSR count). The second-order valence-electron chi connectivity index (χ2n) is 11.0. The summed E-state index contributed by atoms with van der Waals surface area (Å²) in [6.45, 7) is 13.1. The Morgan fingerprint density at radius 1 is 1.14 bits per heavy atom. The number of aromatic nitrogens is 1. The highest BCUT2D eigenvalue weighted by Gasteiger charge is 2.18. The lowest BCUT2D eigenvalue weighted by Gasteiger charge is -2.19. The molecule has 0 radical (unpaired) electrons. The van der Waals surface area contributed by atoms with E-state index in [2.05, 4.69) is 25.0 Å². The van der Waals surface area contributed by atoms with Crippen LogP contribution in [0.5, 0.6) is 0 Å². The molecule has 9 heteroatoms. The number of nitrogen functional groups attached to an aromatic ring is 1. The first-order chi connectivity index (χ1) is 16.3. The van der Waals surface area contributed by atoms with Crippen molar-refractivity contribution in [2.24, 2.45) is 0 Å². The highest BCUT2D eigenvalue weighted by Crippen LogP contribution is 2.24. The van der Waals surface area contributed by atoms with Crippen molar-refractivity contribution in [2.45, 2.75) is 71.6 Å².